The van der Waals surface area contributed by atoms with Gasteiger partial charge in [0.05, 0.1) is 33.9 Å². The SMILES string of the molecule is CCOC(=O)C1CCCN(Cc2cc(OC)c(OC)cc2OC)C1. The highest BCUT2D eigenvalue weighted by Gasteiger charge is 2.27. The molecule has 0 radical (unpaired) electrons. The molecule has 6 nitrogen and oxygen atoms in total. The lowest BCUT2D eigenvalue weighted by Gasteiger charge is -2.32. The highest BCUT2D eigenvalue weighted by Crippen LogP contribution is 2.35. The zero-order valence-corrected chi connectivity index (χ0v) is 15.0. The summed E-state index contributed by atoms with van der Waals surface area (Å²) in [6.07, 6.45) is 1.87. The summed E-state index contributed by atoms with van der Waals surface area (Å²) in [7, 11) is 4.86. The molecular weight excluding hydrogens is 310 g/mol. The van der Waals surface area contributed by atoms with Crippen molar-refractivity contribution in [2.24, 2.45) is 5.92 Å². The third kappa shape index (κ3) is 4.32. The summed E-state index contributed by atoms with van der Waals surface area (Å²) in [6.45, 7) is 4.62. The van der Waals surface area contributed by atoms with E-state index in [1.165, 1.54) is 0 Å². The number of benzene rings is 1. The first-order valence-corrected chi connectivity index (χ1v) is 8.30. The Morgan fingerprint density at radius 2 is 1.79 bits per heavy atom. The number of likely N-dealkylation sites (tertiary alicyclic amines) is 1. The first kappa shape index (κ1) is 18.4. The Balaban J connectivity index is 2.13. The molecule has 1 unspecified atom stereocenters. The van der Waals surface area contributed by atoms with Crippen LogP contribution in [0, 0.1) is 5.92 Å². The van der Waals surface area contributed by atoms with E-state index < -0.39 is 0 Å². The molecule has 1 saturated heterocycles. The Morgan fingerprint density at radius 3 is 2.42 bits per heavy atom. The zero-order chi connectivity index (χ0) is 17.5. The highest BCUT2D eigenvalue weighted by atomic mass is 16.5. The fourth-order valence-corrected chi connectivity index (χ4v) is 3.11. The van der Waals surface area contributed by atoms with Crippen LogP contribution in [0.1, 0.15) is 25.3 Å². The predicted octanol–water partition coefficient (Wildman–Crippen LogP) is 2.49. The van der Waals surface area contributed by atoms with E-state index in [4.69, 9.17) is 18.9 Å². The summed E-state index contributed by atoms with van der Waals surface area (Å²) in [5.41, 5.74) is 1.01. The number of methoxy groups -OCH3 is 3. The number of carbonyl (C=O) groups excluding carboxylic acids is 1. The van der Waals surface area contributed by atoms with Gasteiger partial charge in [0.2, 0.25) is 0 Å². The molecule has 24 heavy (non-hydrogen) atoms. The van der Waals surface area contributed by atoms with Gasteiger partial charge in [0.1, 0.15) is 5.75 Å². The Morgan fingerprint density at radius 1 is 1.12 bits per heavy atom. The van der Waals surface area contributed by atoms with E-state index in [0.29, 0.717) is 31.2 Å². The van der Waals surface area contributed by atoms with Gasteiger partial charge in [-0.15, -0.1) is 0 Å². The summed E-state index contributed by atoms with van der Waals surface area (Å²) in [4.78, 5) is 14.3. The second-order valence-electron chi connectivity index (χ2n) is 5.85. The monoisotopic (exact) mass is 337 g/mol. The van der Waals surface area contributed by atoms with Crippen LogP contribution in [0.4, 0.5) is 0 Å². The van der Waals surface area contributed by atoms with Gasteiger partial charge in [0.25, 0.3) is 0 Å². The highest BCUT2D eigenvalue weighted by molar-refractivity contribution is 5.72. The maximum absolute atomic E-state index is 12.0. The van der Waals surface area contributed by atoms with E-state index in [-0.39, 0.29) is 11.9 Å². The van der Waals surface area contributed by atoms with Gasteiger partial charge in [0.15, 0.2) is 11.5 Å². The fraction of sp³-hybridized carbons (Fsp3) is 0.611. The van der Waals surface area contributed by atoms with E-state index in [0.717, 1.165) is 30.7 Å². The quantitative estimate of drug-likeness (QED) is 0.713. The van der Waals surface area contributed by atoms with Crippen molar-refractivity contribution >= 4 is 5.97 Å². The van der Waals surface area contributed by atoms with Crippen LogP contribution >= 0.6 is 0 Å². The molecule has 2 rings (SSSR count). The van der Waals surface area contributed by atoms with E-state index in [1.54, 1.807) is 21.3 Å². The fourth-order valence-electron chi connectivity index (χ4n) is 3.11. The number of piperidine rings is 1. The number of carbonyl (C=O) groups is 1. The van der Waals surface area contributed by atoms with E-state index >= 15 is 0 Å². The van der Waals surface area contributed by atoms with Crippen molar-refractivity contribution in [1.82, 2.24) is 4.90 Å². The van der Waals surface area contributed by atoms with Gasteiger partial charge in [0, 0.05) is 24.7 Å². The summed E-state index contributed by atoms with van der Waals surface area (Å²) in [6, 6.07) is 3.77. The minimum Gasteiger partial charge on any atom is -0.496 e. The normalized spacial score (nSPS) is 18.1. The Labute approximate surface area is 143 Å². The van der Waals surface area contributed by atoms with Crippen molar-refractivity contribution in [3.8, 4) is 17.2 Å². The van der Waals surface area contributed by atoms with Gasteiger partial charge in [-0.1, -0.05) is 0 Å². The average molecular weight is 337 g/mol. The Bertz CT molecular complexity index is 561. The molecule has 1 aromatic carbocycles. The lowest BCUT2D eigenvalue weighted by molar-refractivity contribution is -0.150. The molecule has 1 heterocycles. The Kier molecular flexibility index (Phi) is 6.73. The van der Waals surface area contributed by atoms with Crippen LogP contribution in [-0.2, 0) is 16.1 Å². The van der Waals surface area contributed by atoms with Crippen LogP contribution in [0.2, 0.25) is 0 Å². The second-order valence-corrected chi connectivity index (χ2v) is 5.85. The zero-order valence-electron chi connectivity index (χ0n) is 15.0. The van der Waals surface area contributed by atoms with Crippen molar-refractivity contribution in [1.29, 1.82) is 0 Å². The molecule has 0 aliphatic carbocycles. The maximum atomic E-state index is 12.0. The second kappa shape index (κ2) is 8.78. The summed E-state index contributed by atoms with van der Waals surface area (Å²) in [5, 5.41) is 0. The lowest BCUT2D eigenvalue weighted by Crippen LogP contribution is -2.39. The van der Waals surface area contributed by atoms with Crippen LogP contribution in [0.15, 0.2) is 12.1 Å². The van der Waals surface area contributed by atoms with Crippen molar-refractivity contribution in [2.45, 2.75) is 26.3 Å². The molecule has 1 aliphatic rings. The molecule has 0 saturated carbocycles. The largest absolute Gasteiger partial charge is 0.496 e. The van der Waals surface area contributed by atoms with Gasteiger partial charge in [-0.3, -0.25) is 9.69 Å². The molecule has 0 amide bonds. The number of nitrogens with zero attached hydrogens (tertiary/aromatic N) is 1. The third-order valence-electron chi connectivity index (χ3n) is 4.31. The first-order valence-electron chi connectivity index (χ1n) is 8.30. The molecule has 0 bridgehead atoms. The van der Waals surface area contributed by atoms with Crippen LogP contribution < -0.4 is 14.2 Å². The van der Waals surface area contributed by atoms with Crippen molar-refractivity contribution < 1.29 is 23.7 Å². The molecule has 0 spiro atoms. The number of ether oxygens (including phenoxy) is 4. The number of rotatable bonds is 7. The summed E-state index contributed by atoms with van der Waals surface area (Å²) >= 11 is 0. The topological polar surface area (TPSA) is 57.2 Å². The minimum atomic E-state index is -0.0959. The standard InChI is InChI=1S/C18H27NO5/c1-5-24-18(20)13-7-6-8-19(11-13)12-14-9-16(22-3)17(23-4)10-15(14)21-2/h9-10,13H,5-8,11-12H2,1-4H3. The van der Waals surface area contributed by atoms with Gasteiger partial charge >= 0.3 is 5.97 Å². The molecule has 1 atom stereocenters. The van der Waals surface area contributed by atoms with Gasteiger partial charge in [-0.2, -0.15) is 0 Å². The van der Waals surface area contributed by atoms with Crippen LogP contribution in [-0.4, -0.2) is 51.9 Å². The molecule has 0 N–H and O–H groups in total. The molecule has 0 aromatic heterocycles. The average Bonchev–Trinajstić information content (AvgIpc) is 2.61. The lowest BCUT2D eigenvalue weighted by atomic mass is 9.97. The summed E-state index contributed by atoms with van der Waals surface area (Å²) in [5.74, 6) is 1.92. The summed E-state index contributed by atoms with van der Waals surface area (Å²) < 4.78 is 21.4. The van der Waals surface area contributed by atoms with Gasteiger partial charge in [-0.05, 0) is 32.4 Å². The molecule has 1 aromatic rings. The van der Waals surface area contributed by atoms with E-state index in [1.807, 2.05) is 19.1 Å². The third-order valence-corrected chi connectivity index (χ3v) is 4.31. The van der Waals surface area contributed by atoms with Crippen LogP contribution in [0.25, 0.3) is 0 Å². The van der Waals surface area contributed by atoms with Crippen LogP contribution in [0.3, 0.4) is 0 Å². The first-order chi connectivity index (χ1) is 11.6. The van der Waals surface area contributed by atoms with Crippen molar-refractivity contribution in [3.63, 3.8) is 0 Å². The number of hydrogen-bond acceptors (Lipinski definition) is 6. The molecule has 1 fully saturated rings. The molecule has 1 aliphatic heterocycles. The van der Waals surface area contributed by atoms with Crippen molar-refractivity contribution in [2.75, 3.05) is 41.0 Å². The molecular formula is C18H27NO5. The molecule has 134 valence electrons. The van der Waals surface area contributed by atoms with E-state index in [2.05, 4.69) is 4.90 Å². The number of hydrogen-bond donors (Lipinski definition) is 0. The van der Waals surface area contributed by atoms with Crippen molar-refractivity contribution in [3.05, 3.63) is 17.7 Å². The van der Waals surface area contributed by atoms with Gasteiger partial charge in [-0.25, -0.2) is 0 Å². The maximum Gasteiger partial charge on any atom is 0.310 e. The molecule has 6 heteroatoms. The minimum absolute atomic E-state index is 0.0511. The predicted molar refractivity (Wildman–Crippen MR) is 90.7 cm³/mol. The van der Waals surface area contributed by atoms with E-state index in [9.17, 15) is 4.79 Å². The van der Waals surface area contributed by atoms with Crippen LogP contribution in [0.5, 0.6) is 17.2 Å². The van der Waals surface area contributed by atoms with Gasteiger partial charge < -0.3 is 18.9 Å². The number of esters is 1. The Hall–Kier alpha value is -1.95. The smallest absolute Gasteiger partial charge is 0.310 e.